The minimum absolute atomic E-state index is 0. The van der Waals surface area contributed by atoms with Gasteiger partial charge in [-0.2, -0.15) is 0 Å². The minimum atomic E-state index is -0.909. The molecule has 0 radical (unpaired) electrons. The molecule has 0 aliphatic heterocycles. The summed E-state index contributed by atoms with van der Waals surface area (Å²) in [6.45, 7) is 4.60. The molecule has 3 heterocycles. The summed E-state index contributed by atoms with van der Waals surface area (Å²) in [6, 6.07) is 13.1. The second-order valence-electron chi connectivity index (χ2n) is 5.92. The highest BCUT2D eigenvalue weighted by atomic mass is 16.4. The van der Waals surface area contributed by atoms with Crippen molar-refractivity contribution >= 4 is 22.6 Å². The first-order valence-corrected chi connectivity index (χ1v) is 7.67. The van der Waals surface area contributed by atoms with Gasteiger partial charge in [-0.25, -0.2) is 4.79 Å². The summed E-state index contributed by atoms with van der Waals surface area (Å²) in [6.07, 6.45) is 0. The quantitative estimate of drug-likeness (QED) is 0.597. The van der Waals surface area contributed by atoms with Gasteiger partial charge in [0.15, 0.2) is 5.65 Å². The van der Waals surface area contributed by atoms with Crippen molar-refractivity contribution in [3.63, 3.8) is 0 Å². The molecule has 0 aliphatic rings. The highest BCUT2D eigenvalue weighted by molar-refractivity contribution is 5.87. The van der Waals surface area contributed by atoms with Gasteiger partial charge in [0, 0.05) is 12.2 Å². The Labute approximate surface area is 144 Å². The fourth-order valence-electron chi connectivity index (χ4n) is 3.17. The van der Waals surface area contributed by atoms with Crippen LogP contribution in [0, 0.1) is 13.8 Å². The van der Waals surface area contributed by atoms with E-state index >= 15 is 0 Å². The van der Waals surface area contributed by atoms with Crippen LogP contribution >= 0.6 is 0 Å². The van der Waals surface area contributed by atoms with Crippen molar-refractivity contribution in [2.75, 3.05) is 0 Å². The van der Waals surface area contributed by atoms with Crippen LogP contribution in [0.25, 0.3) is 16.7 Å². The second-order valence-corrected chi connectivity index (χ2v) is 5.92. The van der Waals surface area contributed by atoms with Crippen LogP contribution in [0.4, 0.5) is 0 Å². The maximum Gasteiger partial charge on any atom is 0.335 e. The fourth-order valence-corrected chi connectivity index (χ4v) is 3.17. The van der Waals surface area contributed by atoms with Crippen LogP contribution in [0.2, 0.25) is 0 Å². The fraction of sp³-hybridized carbons (Fsp3) is 0.167. The van der Waals surface area contributed by atoms with Crippen molar-refractivity contribution in [3.8, 4) is 0 Å². The number of carboxylic acids is 1. The molecule has 0 atom stereocenters. The van der Waals surface area contributed by atoms with Gasteiger partial charge < -0.3 is 15.8 Å². The van der Waals surface area contributed by atoms with Crippen molar-refractivity contribution in [1.82, 2.24) is 25.3 Å². The highest BCUT2D eigenvalue weighted by Gasteiger charge is 2.12. The van der Waals surface area contributed by atoms with Crippen molar-refractivity contribution in [2.24, 2.45) is 0 Å². The molecule has 0 aliphatic carbocycles. The lowest BCUT2D eigenvalue weighted by Crippen LogP contribution is -2.04. The molecule has 4 aromatic rings. The number of aromatic carboxylic acids is 1. The van der Waals surface area contributed by atoms with Crippen molar-refractivity contribution in [1.29, 1.82) is 0 Å². The monoisotopic (exact) mass is 337 g/mol. The van der Waals surface area contributed by atoms with E-state index in [1.54, 1.807) is 18.2 Å². The first-order chi connectivity index (χ1) is 11.5. The van der Waals surface area contributed by atoms with Crippen LogP contribution < -0.4 is 6.15 Å². The number of fused-ring (bicyclic) bond motifs is 3. The van der Waals surface area contributed by atoms with Crippen molar-refractivity contribution < 1.29 is 9.90 Å². The van der Waals surface area contributed by atoms with E-state index in [-0.39, 0.29) is 6.15 Å². The lowest BCUT2D eigenvalue weighted by Gasteiger charge is -2.09. The number of aryl methyl sites for hydroxylation is 2. The number of benzene rings is 1. The largest absolute Gasteiger partial charge is 0.478 e. The third kappa shape index (κ3) is 2.64. The summed E-state index contributed by atoms with van der Waals surface area (Å²) in [5, 5.41) is 17.5. The van der Waals surface area contributed by atoms with Crippen molar-refractivity contribution in [2.45, 2.75) is 20.4 Å². The summed E-state index contributed by atoms with van der Waals surface area (Å²) < 4.78 is 4.21. The number of rotatable bonds is 3. The SMILES string of the molecule is Cc1cc2c(ccc3nnc(C)n32)n1Cc1cccc(C(=O)O)c1.N. The molecule has 128 valence electrons. The number of carbonyl (C=O) groups is 1. The molecule has 0 saturated carbocycles. The molecule has 0 amide bonds. The van der Waals surface area contributed by atoms with Gasteiger partial charge in [-0.1, -0.05) is 12.1 Å². The topological polar surface area (TPSA) is 107 Å². The maximum atomic E-state index is 11.2. The van der Waals surface area contributed by atoms with Gasteiger partial charge in [-0.15, -0.1) is 10.2 Å². The van der Waals surface area contributed by atoms with E-state index in [0.29, 0.717) is 12.1 Å². The summed E-state index contributed by atoms with van der Waals surface area (Å²) in [7, 11) is 0. The van der Waals surface area contributed by atoms with Crippen LogP contribution in [0.3, 0.4) is 0 Å². The predicted octanol–water partition coefficient (Wildman–Crippen LogP) is 3.21. The molecule has 7 nitrogen and oxygen atoms in total. The molecule has 0 unspecified atom stereocenters. The number of hydrogen-bond acceptors (Lipinski definition) is 4. The Morgan fingerprint density at radius 2 is 1.88 bits per heavy atom. The molecule has 0 bridgehead atoms. The molecular weight excluding hydrogens is 318 g/mol. The van der Waals surface area contributed by atoms with E-state index in [1.807, 2.05) is 36.4 Å². The summed E-state index contributed by atoms with van der Waals surface area (Å²) >= 11 is 0. The maximum absolute atomic E-state index is 11.2. The van der Waals surface area contributed by atoms with Gasteiger partial charge >= 0.3 is 5.97 Å². The predicted molar refractivity (Wildman–Crippen MR) is 95.5 cm³/mol. The number of hydrogen-bond donors (Lipinski definition) is 2. The van der Waals surface area contributed by atoms with E-state index in [0.717, 1.165) is 33.8 Å². The zero-order valence-electron chi connectivity index (χ0n) is 14.1. The Hall–Kier alpha value is -3.19. The molecule has 3 aromatic heterocycles. The molecule has 0 spiro atoms. The smallest absolute Gasteiger partial charge is 0.335 e. The lowest BCUT2D eigenvalue weighted by atomic mass is 10.1. The van der Waals surface area contributed by atoms with Crippen LogP contribution in [0.5, 0.6) is 0 Å². The van der Waals surface area contributed by atoms with Gasteiger partial charge in [-0.05, 0) is 49.7 Å². The summed E-state index contributed by atoms with van der Waals surface area (Å²) in [4.78, 5) is 11.2. The van der Waals surface area contributed by atoms with Gasteiger partial charge in [0.05, 0.1) is 16.6 Å². The van der Waals surface area contributed by atoms with Gasteiger partial charge in [0.1, 0.15) is 5.82 Å². The van der Waals surface area contributed by atoms with E-state index in [2.05, 4.69) is 20.8 Å². The Morgan fingerprint density at radius 3 is 2.64 bits per heavy atom. The average Bonchev–Trinajstić information content (AvgIpc) is 3.09. The summed E-state index contributed by atoms with van der Waals surface area (Å²) in [5.41, 5.74) is 5.32. The third-order valence-electron chi connectivity index (χ3n) is 4.32. The standard InChI is InChI=1S/C18H16N4O2.H3N/c1-11-8-16-15(6-7-17-20-19-12(2)22(16)17)21(11)10-13-4-3-5-14(9-13)18(23)24;/h3-9H,10H2,1-2H3,(H,23,24);1H3. The van der Waals surface area contributed by atoms with Crippen LogP contribution in [0.1, 0.15) is 27.4 Å². The second kappa shape index (κ2) is 6.03. The van der Waals surface area contributed by atoms with Gasteiger partial charge in [0.25, 0.3) is 0 Å². The van der Waals surface area contributed by atoms with E-state index < -0.39 is 5.97 Å². The summed E-state index contributed by atoms with van der Waals surface area (Å²) in [5.74, 6) is -0.0617. The van der Waals surface area contributed by atoms with E-state index in [9.17, 15) is 4.79 Å². The normalized spacial score (nSPS) is 11.0. The highest BCUT2D eigenvalue weighted by Crippen LogP contribution is 2.23. The Balaban J connectivity index is 0.00000182. The van der Waals surface area contributed by atoms with E-state index in [1.165, 1.54) is 0 Å². The van der Waals surface area contributed by atoms with Gasteiger partial charge in [0.2, 0.25) is 0 Å². The average molecular weight is 337 g/mol. The Morgan fingerprint density at radius 1 is 1.08 bits per heavy atom. The number of pyridine rings is 1. The number of nitrogens with zero attached hydrogens (tertiary/aromatic N) is 4. The molecule has 0 fully saturated rings. The van der Waals surface area contributed by atoms with Crippen molar-refractivity contribution in [3.05, 3.63) is 65.1 Å². The molecule has 25 heavy (non-hydrogen) atoms. The molecule has 1 aromatic carbocycles. The van der Waals surface area contributed by atoms with Crippen LogP contribution in [0.15, 0.2) is 42.5 Å². The molecule has 0 saturated heterocycles. The lowest BCUT2D eigenvalue weighted by molar-refractivity contribution is 0.0696. The molecule has 4 rings (SSSR count). The Kier molecular flexibility index (Phi) is 4.02. The Bertz CT molecular complexity index is 1090. The zero-order valence-corrected chi connectivity index (χ0v) is 14.1. The molecular formula is C18H19N5O2. The van der Waals surface area contributed by atoms with Gasteiger partial charge in [-0.3, -0.25) is 4.40 Å². The van der Waals surface area contributed by atoms with E-state index in [4.69, 9.17) is 5.11 Å². The zero-order chi connectivity index (χ0) is 16.8. The van der Waals surface area contributed by atoms with Crippen LogP contribution in [-0.4, -0.2) is 30.2 Å². The number of aromatic nitrogens is 4. The minimum Gasteiger partial charge on any atom is -0.478 e. The number of carboxylic acid groups (broad SMARTS) is 1. The third-order valence-corrected chi connectivity index (χ3v) is 4.32. The first-order valence-electron chi connectivity index (χ1n) is 7.67. The molecule has 4 N–H and O–H groups in total. The molecule has 7 heteroatoms. The first kappa shape index (κ1) is 16.7. The van der Waals surface area contributed by atoms with Crippen LogP contribution in [-0.2, 0) is 6.54 Å².